The molecule has 0 aromatic heterocycles. The average Bonchev–Trinajstić information content (AvgIpc) is 2.82. The first-order valence-corrected chi connectivity index (χ1v) is 13.6. The number of halogens is 1. The van der Waals surface area contributed by atoms with Crippen LogP contribution in [0.3, 0.4) is 0 Å². The Balaban J connectivity index is 1.19. The maximum atomic E-state index is 15.0. The van der Waals surface area contributed by atoms with Crippen LogP contribution in [0.5, 0.6) is 0 Å². The van der Waals surface area contributed by atoms with E-state index in [0.717, 1.165) is 58.4 Å². The third kappa shape index (κ3) is 7.90. The molecule has 3 heterocycles. The molecule has 1 aromatic rings. The van der Waals surface area contributed by atoms with Gasteiger partial charge in [0, 0.05) is 38.2 Å². The van der Waals surface area contributed by atoms with E-state index in [9.17, 15) is 18.8 Å². The van der Waals surface area contributed by atoms with Crippen LogP contribution >= 0.6 is 0 Å². The lowest BCUT2D eigenvalue weighted by Crippen LogP contribution is -2.47. The molecule has 1 atom stereocenters. The molecule has 1 unspecified atom stereocenters. The molecule has 8 nitrogen and oxygen atoms in total. The summed E-state index contributed by atoms with van der Waals surface area (Å²) in [5.74, 6) is -0.0302. The first-order chi connectivity index (χ1) is 17.6. The zero-order valence-electron chi connectivity index (χ0n) is 22.4. The normalized spacial score (nSPS) is 22.6. The third-order valence-electron chi connectivity index (χ3n) is 7.58. The molecule has 1 aromatic carbocycles. The van der Waals surface area contributed by atoms with Gasteiger partial charge in [0.05, 0.1) is 5.69 Å². The molecule has 4 rings (SSSR count). The Morgan fingerprint density at radius 3 is 2.35 bits per heavy atom. The highest BCUT2D eigenvalue weighted by atomic mass is 19.1. The van der Waals surface area contributed by atoms with E-state index in [1.54, 1.807) is 12.1 Å². The van der Waals surface area contributed by atoms with Gasteiger partial charge in [-0.3, -0.25) is 19.7 Å². The van der Waals surface area contributed by atoms with Crippen LogP contribution in [0.15, 0.2) is 18.2 Å². The predicted octanol–water partition coefficient (Wildman–Crippen LogP) is 3.70. The largest absolute Gasteiger partial charge is 0.460 e. The minimum atomic E-state index is -0.527. The van der Waals surface area contributed by atoms with Crippen LogP contribution in [0.1, 0.15) is 65.7 Å². The van der Waals surface area contributed by atoms with Crippen molar-refractivity contribution in [3.63, 3.8) is 0 Å². The summed E-state index contributed by atoms with van der Waals surface area (Å²) in [5, 5.41) is 5.36. The molecule has 37 heavy (non-hydrogen) atoms. The molecule has 9 heteroatoms. The molecule has 2 amide bonds. The smallest absolute Gasteiger partial charge is 0.306 e. The number of hydrogen-bond donors (Lipinski definition) is 2. The Hall–Kier alpha value is -2.68. The lowest BCUT2D eigenvalue weighted by Gasteiger charge is -2.38. The first-order valence-electron chi connectivity index (χ1n) is 13.6. The molecule has 3 aliphatic heterocycles. The Labute approximate surface area is 219 Å². The SMILES string of the molecule is CC(C)(C)OC(=O)CC1CCN(CC2CCN(c3ccc(NC4CCC(=O)NC4=O)cc3F)CC2)CC1. The van der Waals surface area contributed by atoms with Crippen molar-refractivity contribution >= 4 is 29.2 Å². The van der Waals surface area contributed by atoms with Crippen molar-refractivity contribution in [2.75, 3.05) is 42.9 Å². The van der Waals surface area contributed by atoms with Gasteiger partial charge in [-0.2, -0.15) is 0 Å². The Bertz CT molecular complexity index is 979. The van der Waals surface area contributed by atoms with Crippen LogP contribution in [0.4, 0.5) is 15.8 Å². The number of rotatable bonds is 7. The maximum absolute atomic E-state index is 15.0. The molecule has 0 aliphatic carbocycles. The van der Waals surface area contributed by atoms with Crippen molar-refractivity contribution < 1.29 is 23.5 Å². The van der Waals surface area contributed by atoms with Crippen molar-refractivity contribution in [2.24, 2.45) is 11.8 Å². The summed E-state index contributed by atoms with van der Waals surface area (Å²) in [5.41, 5.74) is 0.709. The molecular weight excluding hydrogens is 475 g/mol. The van der Waals surface area contributed by atoms with Gasteiger partial charge in [0.15, 0.2) is 0 Å². The number of esters is 1. The summed E-state index contributed by atoms with van der Waals surface area (Å²) in [6.45, 7) is 10.4. The van der Waals surface area contributed by atoms with Crippen LogP contribution in [0, 0.1) is 17.7 Å². The summed E-state index contributed by atoms with van der Waals surface area (Å²) in [4.78, 5) is 40.0. The Morgan fingerprint density at radius 2 is 1.73 bits per heavy atom. The van der Waals surface area contributed by atoms with Gasteiger partial charge in [-0.1, -0.05) is 0 Å². The number of carbonyl (C=O) groups is 3. The van der Waals surface area contributed by atoms with Gasteiger partial charge in [-0.25, -0.2) is 4.39 Å². The van der Waals surface area contributed by atoms with Gasteiger partial charge in [-0.15, -0.1) is 0 Å². The van der Waals surface area contributed by atoms with Crippen molar-refractivity contribution in [1.29, 1.82) is 0 Å². The predicted molar refractivity (Wildman–Crippen MR) is 141 cm³/mol. The zero-order valence-corrected chi connectivity index (χ0v) is 22.4. The maximum Gasteiger partial charge on any atom is 0.306 e. The summed E-state index contributed by atoms with van der Waals surface area (Å²) < 4.78 is 20.4. The summed E-state index contributed by atoms with van der Waals surface area (Å²) in [7, 11) is 0. The van der Waals surface area contributed by atoms with Crippen LogP contribution in [0.25, 0.3) is 0 Å². The number of hydrogen-bond acceptors (Lipinski definition) is 7. The highest BCUT2D eigenvalue weighted by Crippen LogP contribution is 2.30. The molecule has 2 N–H and O–H groups in total. The fraction of sp³-hybridized carbons (Fsp3) is 0.679. The van der Waals surface area contributed by atoms with Gasteiger partial charge in [0.2, 0.25) is 11.8 Å². The minimum absolute atomic E-state index is 0.0923. The number of nitrogens with zero attached hydrogens (tertiary/aromatic N) is 2. The Morgan fingerprint density at radius 1 is 1.05 bits per heavy atom. The molecule has 3 fully saturated rings. The second-order valence-corrected chi connectivity index (χ2v) is 11.8. The minimum Gasteiger partial charge on any atom is -0.460 e. The van der Waals surface area contributed by atoms with Crippen LogP contribution in [-0.4, -0.2) is 67.1 Å². The number of piperidine rings is 3. The van der Waals surface area contributed by atoms with Crippen LogP contribution in [-0.2, 0) is 19.1 Å². The number of likely N-dealkylation sites (tertiary alicyclic amines) is 1. The number of nitrogens with one attached hydrogen (secondary N) is 2. The number of carbonyl (C=O) groups excluding carboxylic acids is 3. The molecule has 0 bridgehead atoms. The average molecular weight is 517 g/mol. The van der Waals surface area contributed by atoms with Gasteiger partial charge >= 0.3 is 5.97 Å². The van der Waals surface area contributed by atoms with Gasteiger partial charge in [0.1, 0.15) is 17.5 Å². The summed E-state index contributed by atoms with van der Waals surface area (Å²) in [6, 6.07) is 4.49. The van der Waals surface area contributed by atoms with E-state index in [0.29, 0.717) is 36.1 Å². The first kappa shape index (κ1) is 27.4. The number of imide groups is 1. The van der Waals surface area contributed by atoms with E-state index in [1.807, 2.05) is 20.8 Å². The number of amides is 2. The quantitative estimate of drug-likeness (QED) is 0.422. The second-order valence-electron chi connectivity index (χ2n) is 11.8. The molecule has 3 aliphatic rings. The van der Waals surface area contributed by atoms with Crippen LogP contribution < -0.4 is 15.5 Å². The van der Waals surface area contributed by atoms with Crippen molar-refractivity contribution in [3.05, 3.63) is 24.0 Å². The molecule has 3 saturated heterocycles. The third-order valence-corrected chi connectivity index (χ3v) is 7.58. The van der Waals surface area contributed by atoms with Gasteiger partial charge in [-0.05, 0) is 96.0 Å². The monoisotopic (exact) mass is 516 g/mol. The second kappa shape index (κ2) is 11.8. The summed E-state index contributed by atoms with van der Waals surface area (Å²) >= 11 is 0. The van der Waals surface area contributed by atoms with Crippen molar-refractivity contribution in [1.82, 2.24) is 10.2 Å². The lowest BCUT2D eigenvalue weighted by atomic mass is 9.91. The Kier molecular flexibility index (Phi) is 8.72. The molecule has 0 saturated carbocycles. The van der Waals surface area contributed by atoms with Crippen LogP contribution in [0.2, 0.25) is 0 Å². The fourth-order valence-electron chi connectivity index (χ4n) is 5.60. The van der Waals surface area contributed by atoms with Crippen molar-refractivity contribution in [2.45, 2.75) is 77.4 Å². The van der Waals surface area contributed by atoms with Gasteiger partial charge < -0.3 is 19.9 Å². The highest BCUT2D eigenvalue weighted by Gasteiger charge is 2.29. The van der Waals surface area contributed by atoms with E-state index in [-0.39, 0.29) is 30.0 Å². The number of anilines is 2. The van der Waals surface area contributed by atoms with E-state index >= 15 is 0 Å². The summed E-state index contributed by atoms with van der Waals surface area (Å²) in [6.07, 6.45) is 5.30. The van der Waals surface area contributed by atoms with Crippen molar-refractivity contribution in [3.8, 4) is 0 Å². The topological polar surface area (TPSA) is 91.0 Å². The molecule has 0 spiro atoms. The fourth-order valence-corrected chi connectivity index (χ4v) is 5.60. The zero-order chi connectivity index (χ0) is 26.6. The number of ether oxygens (including phenoxy) is 1. The van der Waals surface area contributed by atoms with E-state index in [1.165, 1.54) is 6.07 Å². The van der Waals surface area contributed by atoms with E-state index in [4.69, 9.17) is 4.74 Å². The standard InChI is InChI=1S/C28H41FN4O4/c1-28(2,3)37-26(35)16-19-8-12-32(13-9-19)18-20-10-14-33(15-11-20)24-6-4-21(17-22(24)29)30-23-5-7-25(34)31-27(23)36/h4,6,17,19-20,23,30H,5,7-16,18H2,1-3H3,(H,31,34,36). The lowest BCUT2D eigenvalue weighted by molar-refractivity contribution is -0.156. The highest BCUT2D eigenvalue weighted by molar-refractivity contribution is 6.01. The molecular formula is C28H41FN4O4. The number of benzene rings is 1. The van der Waals surface area contributed by atoms with Gasteiger partial charge in [0.25, 0.3) is 0 Å². The van der Waals surface area contributed by atoms with E-state index < -0.39 is 11.6 Å². The van der Waals surface area contributed by atoms with E-state index in [2.05, 4.69) is 20.4 Å². The molecule has 0 radical (unpaired) electrons. The molecule has 204 valence electrons.